The Kier molecular flexibility index (Phi) is 9.42. The molecule has 4 atom stereocenters. The first-order valence-electron chi connectivity index (χ1n) is 18.9. The number of nitrogens with zero attached hydrogens (tertiary/aromatic N) is 6. The summed E-state index contributed by atoms with van der Waals surface area (Å²) in [5.41, 5.74) is 9.82. The van der Waals surface area contributed by atoms with Crippen molar-refractivity contribution >= 4 is 46.2 Å². The van der Waals surface area contributed by atoms with Gasteiger partial charge in [-0.05, 0) is 139 Å². The number of carbonyl (C=O) groups is 2. The zero-order chi connectivity index (χ0) is 35.5. The minimum Gasteiger partial charge on any atom is -0.547 e. The number of nitrogens with one attached hydrogen (secondary N) is 2. The fourth-order valence-corrected chi connectivity index (χ4v) is 9.16. The summed E-state index contributed by atoms with van der Waals surface area (Å²) in [6.07, 6.45) is 25.1. The second-order valence-corrected chi connectivity index (χ2v) is 15.4. The van der Waals surface area contributed by atoms with E-state index in [4.69, 9.17) is 20.0 Å². The number of allylic oxidation sites excluding steroid dienone is 12. The zero-order valence-corrected chi connectivity index (χ0v) is 30.6. The first-order valence-corrected chi connectivity index (χ1v) is 18.9. The van der Waals surface area contributed by atoms with Crippen molar-refractivity contribution in [3.8, 4) is 0 Å². The van der Waals surface area contributed by atoms with Crippen LogP contribution >= 0.6 is 0 Å². The maximum Gasteiger partial charge on any atom is 2.00 e. The molecule has 0 amide bonds. The van der Waals surface area contributed by atoms with Crippen LogP contribution in [-0.4, -0.2) is 69.4 Å². The molecule has 0 aliphatic carbocycles. The Morgan fingerprint density at radius 3 is 1.19 bits per heavy atom. The van der Waals surface area contributed by atoms with Crippen molar-refractivity contribution in [2.75, 3.05) is 0 Å². The fraction of sp³-hybridized carbons (Fsp3) is 0.500. The fourth-order valence-electron chi connectivity index (χ4n) is 9.16. The number of fused-ring (bicyclic) bond motifs is 12. The number of carboxylic acids is 2. The molecule has 0 saturated carbocycles. The predicted octanol–water partition coefficient (Wildman–Crippen LogP) is 3.19. The number of carbonyl (C=O) groups excluding carboxylic acids is 2. The molecule has 10 aliphatic heterocycles. The van der Waals surface area contributed by atoms with Gasteiger partial charge in [0.15, 0.2) is 0 Å². The Morgan fingerprint density at radius 1 is 0.491 bits per heavy atom. The topological polar surface area (TPSA) is 178 Å². The van der Waals surface area contributed by atoms with Crippen LogP contribution in [0.5, 0.6) is 0 Å². The molecule has 0 aromatic carbocycles. The molecule has 16 bridgehead atoms. The molecule has 275 valence electrons. The molecular formula is C40H42CoN8O4. The van der Waals surface area contributed by atoms with Gasteiger partial charge in [0, 0.05) is 68.5 Å². The average molecular weight is 758 g/mol. The molecule has 10 aliphatic rings. The maximum absolute atomic E-state index is 12.0. The van der Waals surface area contributed by atoms with Crippen LogP contribution < -0.4 is 20.8 Å². The molecular weight excluding hydrogens is 715 g/mol. The van der Waals surface area contributed by atoms with E-state index in [1.165, 1.54) is 0 Å². The summed E-state index contributed by atoms with van der Waals surface area (Å²) in [5, 5.41) is 30.9. The van der Waals surface area contributed by atoms with Crippen LogP contribution in [-0.2, 0) is 26.4 Å². The summed E-state index contributed by atoms with van der Waals surface area (Å²) >= 11 is 0. The summed E-state index contributed by atoms with van der Waals surface area (Å²) in [6, 6.07) is -0.445. The van der Waals surface area contributed by atoms with Gasteiger partial charge in [0.1, 0.15) is 11.1 Å². The summed E-state index contributed by atoms with van der Waals surface area (Å²) in [7, 11) is 0. The Morgan fingerprint density at radius 2 is 0.830 bits per heavy atom. The smallest absolute Gasteiger partial charge is 0.547 e. The monoisotopic (exact) mass is 757 g/mol. The van der Waals surface area contributed by atoms with Crippen molar-refractivity contribution in [2.45, 2.75) is 126 Å². The largest absolute Gasteiger partial charge is 2.00 e. The summed E-state index contributed by atoms with van der Waals surface area (Å²) < 4.78 is 0. The van der Waals surface area contributed by atoms with Gasteiger partial charge in [0.2, 0.25) is 0 Å². The van der Waals surface area contributed by atoms with Gasteiger partial charge in [0.05, 0.1) is 24.0 Å². The molecule has 10 rings (SSSR count). The van der Waals surface area contributed by atoms with E-state index in [0.717, 1.165) is 146 Å². The van der Waals surface area contributed by atoms with Gasteiger partial charge in [0.25, 0.3) is 0 Å². The normalized spacial score (nSPS) is 31.8. The predicted molar refractivity (Wildman–Crippen MR) is 196 cm³/mol. The number of hydrogen-bond donors (Lipinski definition) is 2. The number of aliphatic imine (C=N–C) groups is 6. The third kappa shape index (κ3) is 6.89. The van der Waals surface area contributed by atoms with Crippen LogP contribution in [0.2, 0.25) is 0 Å². The molecule has 2 fully saturated rings. The van der Waals surface area contributed by atoms with Crippen LogP contribution in [0, 0.1) is 0 Å². The van der Waals surface area contributed by atoms with Gasteiger partial charge >= 0.3 is 16.8 Å². The van der Waals surface area contributed by atoms with Crippen molar-refractivity contribution in [3.05, 3.63) is 70.6 Å². The Labute approximate surface area is 318 Å². The molecule has 4 unspecified atom stereocenters. The van der Waals surface area contributed by atoms with Crippen LogP contribution in [0.4, 0.5) is 0 Å². The molecule has 10 heterocycles. The second kappa shape index (κ2) is 14.1. The van der Waals surface area contributed by atoms with E-state index in [1.807, 2.05) is 12.2 Å². The Bertz CT molecular complexity index is 1900. The zero-order valence-electron chi connectivity index (χ0n) is 29.6. The van der Waals surface area contributed by atoms with Crippen LogP contribution in [0.1, 0.15) is 103 Å². The van der Waals surface area contributed by atoms with E-state index >= 15 is 0 Å². The molecule has 13 heteroatoms. The average Bonchev–Trinajstić information content (AvgIpc) is 3.96. The van der Waals surface area contributed by atoms with E-state index in [2.05, 4.69) is 44.9 Å². The number of hydrogen-bond acceptors (Lipinski definition) is 12. The van der Waals surface area contributed by atoms with Crippen molar-refractivity contribution in [1.82, 2.24) is 10.6 Å². The van der Waals surface area contributed by atoms with Crippen molar-refractivity contribution in [2.24, 2.45) is 30.0 Å². The number of rotatable bonds is 2. The van der Waals surface area contributed by atoms with Crippen molar-refractivity contribution in [1.29, 1.82) is 0 Å². The molecule has 0 spiro atoms. The third-order valence-corrected chi connectivity index (χ3v) is 11.9. The summed E-state index contributed by atoms with van der Waals surface area (Å²) in [4.78, 5) is 52.3. The van der Waals surface area contributed by atoms with Gasteiger partial charge in [-0.1, -0.05) is 0 Å². The molecule has 12 nitrogen and oxygen atoms in total. The molecule has 1 radical (unpaired) electrons. The molecule has 53 heavy (non-hydrogen) atoms. The van der Waals surface area contributed by atoms with Gasteiger partial charge in [-0.2, -0.15) is 0 Å². The summed E-state index contributed by atoms with van der Waals surface area (Å²) in [6.45, 7) is 0. The summed E-state index contributed by atoms with van der Waals surface area (Å²) in [5.74, 6) is -2.15. The molecule has 2 N–H and O–H groups in total. The third-order valence-electron chi connectivity index (χ3n) is 11.9. The van der Waals surface area contributed by atoms with Gasteiger partial charge in [-0.3, -0.25) is 30.0 Å². The minimum atomic E-state index is -1.17. The first kappa shape index (κ1) is 35.5. The van der Waals surface area contributed by atoms with E-state index in [9.17, 15) is 19.8 Å². The molecule has 2 saturated heterocycles. The maximum atomic E-state index is 12.0. The van der Waals surface area contributed by atoms with E-state index in [0.29, 0.717) is 25.7 Å². The Balaban J connectivity index is 0.000000148. The van der Waals surface area contributed by atoms with Crippen LogP contribution in [0.3, 0.4) is 0 Å². The van der Waals surface area contributed by atoms with Crippen molar-refractivity contribution < 1.29 is 36.6 Å². The van der Waals surface area contributed by atoms with Crippen LogP contribution in [0.15, 0.2) is 101 Å². The number of carboxylic acid groups (broad SMARTS) is 2. The minimum absolute atomic E-state index is 0. The van der Waals surface area contributed by atoms with E-state index in [1.54, 1.807) is 0 Å². The standard InChI is InChI=1S/2C20H22N4O2.Co/c2*25-19(26)20-8-7-17(24-20)11-15-4-3-13(22-15)9-12-1-2-14(21-12)10-16-5-6-18(20)23-16;/h2*9-11,18,23H,1-8H2,(H,25,26);/q;;+2/p-2. The quantitative estimate of drug-likeness (QED) is 0.437. The van der Waals surface area contributed by atoms with Crippen LogP contribution in [0.25, 0.3) is 0 Å². The van der Waals surface area contributed by atoms with Gasteiger partial charge in [-0.15, -0.1) is 0 Å². The second-order valence-electron chi connectivity index (χ2n) is 15.4. The SMILES string of the molecule is O=C([O-])C12CCC(=N1)C=C1CCC(=N1)C=C1CCC(=N1)C=C1CCC2N1.O=C([O-])C12CCC(=N1)C=C1CCC(=N1)C=C1CCC(=N1)C=C1CCC2N1.[Co+2]. The molecule has 0 aromatic heterocycles. The van der Waals surface area contributed by atoms with Crippen molar-refractivity contribution in [3.63, 3.8) is 0 Å². The Hall–Kier alpha value is -4.49. The number of aliphatic carboxylic acids is 2. The van der Waals surface area contributed by atoms with Gasteiger partial charge in [-0.25, -0.2) is 0 Å². The first-order chi connectivity index (χ1) is 25.2. The van der Waals surface area contributed by atoms with E-state index in [-0.39, 0.29) is 28.9 Å². The molecule has 0 aromatic rings. The van der Waals surface area contributed by atoms with E-state index < -0.39 is 23.0 Å². The van der Waals surface area contributed by atoms with Gasteiger partial charge < -0.3 is 30.4 Å².